The second-order valence-electron chi connectivity index (χ2n) is 4.81. The maximum absolute atomic E-state index is 12.5. The maximum atomic E-state index is 12.5. The molecule has 20 heavy (non-hydrogen) atoms. The van der Waals surface area contributed by atoms with E-state index < -0.39 is 10.0 Å². The summed E-state index contributed by atoms with van der Waals surface area (Å²) >= 11 is 6.04. The van der Waals surface area contributed by atoms with Gasteiger partial charge in [-0.05, 0) is 31.5 Å². The van der Waals surface area contributed by atoms with Gasteiger partial charge in [0.15, 0.2) is 0 Å². The van der Waals surface area contributed by atoms with E-state index in [4.69, 9.17) is 11.6 Å². The van der Waals surface area contributed by atoms with Crippen LogP contribution < -0.4 is 5.32 Å². The van der Waals surface area contributed by atoms with Crippen molar-refractivity contribution in [2.24, 2.45) is 0 Å². The van der Waals surface area contributed by atoms with E-state index in [1.54, 1.807) is 22.5 Å². The fraction of sp³-hybridized carbons (Fsp3) is 0.538. The van der Waals surface area contributed by atoms with E-state index in [9.17, 15) is 8.42 Å². The molecular weight excluding hydrogens is 319 g/mol. The molecule has 1 unspecified atom stereocenters. The highest BCUT2D eigenvalue weighted by Crippen LogP contribution is 2.25. The lowest BCUT2D eigenvalue weighted by atomic mass is 10.2. The van der Waals surface area contributed by atoms with Crippen molar-refractivity contribution in [1.82, 2.24) is 9.62 Å². The van der Waals surface area contributed by atoms with Crippen LogP contribution in [0.25, 0.3) is 0 Å². The third-order valence-corrected chi connectivity index (χ3v) is 5.66. The smallest absolute Gasteiger partial charge is 0.218 e. The number of hydrogen-bond donors (Lipinski definition) is 1. The second kappa shape index (κ2) is 7.61. The van der Waals surface area contributed by atoms with Gasteiger partial charge < -0.3 is 5.32 Å². The van der Waals surface area contributed by atoms with Crippen LogP contribution in [-0.4, -0.2) is 38.9 Å². The number of nitrogens with one attached hydrogen (secondary N) is 1. The number of sulfonamides is 1. The lowest BCUT2D eigenvalue weighted by molar-refractivity contribution is 0.378. The predicted octanol–water partition coefficient (Wildman–Crippen LogP) is 2.28. The molecule has 1 fully saturated rings. The van der Waals surface area contributed by atoms with E-state index >= 15 is 0 Å². The molecule has 0 bridgehead atoms. The van der Waals surface area contributed by atoms with E-state index in [-0.39, 0.29) is 24.2 Å². The maximum Gasteiger partial charge on any atom is 0.218 e. The van der Waals surface area contributed by atoms with Crippen molar-refractivity contribution in [3.63, 3.8) is 0 Å². The van der Waals surface area contributed by atoms with Gasteiger partial charge in [0, 0.05) is 24.2 Å². The molecule has 1 N–H and O–H groups in total. The quantitative estimate of drug-likeness (QED) is 0.895. The van der Waals surface area contributed by atoms with E-state index in [0.717, 1.165) is 12.8 Å². The Balaban J connectivity index is 0.00000200. The molecule has 1 aliphatic rings. The summed E-state index contributed by atoms with van der Waals surface area (Å²) in [5, 5.41) is 3.56. The van der Waals surface area contributed by atoms with E-state index in [0.29, 0.717) is 23.7 Å². The minimum atomic E-state index is -3.30. The molecule has 1 heterocycles. The third kappa shape index (κ3) is 4.09. The molecule has 0 aromatic heterocycles. The Labute approximate surface area is 132 Å². The molecule has 1 aromatic rings. The first-order chi connectivity index (χ1) is 9.04. The molecule has 0 amide bonds. The highest BCUT2D eigenvalue weighted by molar-refractivity contribution is 7.88. The summed E-state index contributed by atoms with van der Waals surface area (Å²) in [6.45, 7) is 1.31. The van der Waals surface area contributed by atoms with Gasteiger partial charge in [-0.25, -0.2) is 8.42 Å². The van der Waals surface area contributed by atoms with Crippen molar-refractivity contribution in [2.75, 3.05) is 20.1 Å². The molecule has 0 saturated carbocycles. The van der Waals surface area contributed by atoms with Gasteiger partial charge in [0.25, 0.3) is 0 Å². The summed E-state index contributed by atoms with van der Waals surface area (Å²) in [6.07, 6.45) is 1.84. The largest absolute Gasteiger partial charge is 0.318 e. The van der Waals surface area contributed by atoms with Crippen LogP contribution in [0.1, 0.15) is 18.4 Å². The van der Waals surface area contributed by atoms with Gasteiger partial charge in [0.05, 0.1) is 5.75 Å². The van der Waals surface area contributed by atoms with E-state index in [2.05, 4.69) is 5.32 Å². The van der Waals surface area contributed by atoms with Gasteiger partial charge in [-0.15, -0.1) is 12.4 Å². The first-order valence-corrected chi connectivity index (χ1v) is 8.41. The summed E-state index contributed by atoms with van der Waals surface area (Å²) < 4.78 is 26.6. The number of halogens is 2. The van der Waals surface area contributed by atoms with Gasteiger partial charge in [0.1, 0.15) is 0 Å². The number of rotatable bonds is 5. The molecule has 1 saturated heterocycles. The van der Waals surface area contributed by atoms with Gasteiger partial charge in [-0.3, -0.25) is 0 Å². The van der Waals surface area contributed by atoms with Gasteiger partial charge >= 0.3 is 0 Å². The van der Waals surface area contributed by atoms with E-state index in [1.807, 2.05) is 13.1 Å². The van der Waals surface area contributed by atoms with Crippen molar-refractivity contribution in [3.8, 4) is 0 Å². The average molecular weight is 339 g/mol. The summed E-state index contributed by atoms with van der Waals surface area (Å²) in [5.41, 5.74) is 0.666. The predicted molar refractivity (Wildman–Crippen MR) is 85.0 cm³/mol. The van der Waals surface area contributed by atoms with Crippen LogP contribution in [0.15, 0.2) is 24.3 Å². The van der Waals surface area contributed by atoms with Crippen molar-refractivity contribution >= 4 is 34.0 Å². The molecule has 0 spiro atoms. The zero-order valence-corrected chi connectivity index (χ0v) is 13.8. The van der Waals surface area contributed by atoms with Gasteiger partial charge in [-0.2, -0.15) is 4.31 Å². The lowest BCUT2D eigenvalue weighted by Gasteiger charge is -2.24. The Bertz CT molecular complexity index is 537. The van der Waals surface area contributed by atoms with Crippen LogP contribution in [0, 0.1) is 0 Å². The minimum Gasteiger partial charge on any atom is -0.318 e. The molecule has 7 heteroatoms. The highest BCUT2D eigenvalue weighted by Gasteiger charge is 2.33. The molecule has 1 aliphatic heterocycles. The zero-order valence-electron chi connectivity index (χ0n) is 11.4. The molecular formula is C13H20Cl2N2O2S. The molecule has 4 nitrogen and oxygen atoms in total. The molecule has 1 aromatic carbocycles. The van der Waals surface area contributed by atoms with Crippen molar-refractivity contribution in [2.45, 2.75) is 24.6 Å². The van der Waals surface area contributed by atoms with Gasteiger partial charge in [0.2, 0.25) is 10.0 Å². The number of benzene rings is 1. The minimum absolute atomic E-state index is 0. The fourth-order valence-corrected chi connectivity index (χ4v) is 4.64. The zero-order chi connectivity index (χ0) is 13.9. The number of likely N-dealkylation sites (N-methyl/N-ethyl adjacent to an activating group) is 1. The Morgan fingerprint density at radius 1 is 1.40 bits per heavy atom. The van der Waals surface area contributed by atoms with Crippen LogP contribution >= 0.6 is 24.0 Å². The summed E-state index contributed by atoms with van der Waals surface area (Å²) in [6, 6.07) is 7.17. The van der Waals surface area contributed by atoms with Crippen LogP contribution in [0.2, 0.25) is 5.02 Å². The first-order valence-electron chi connectivity index (χ1n) is 6.42. The van der Waals surface area contributed by atoms with Crippen molar-refractivity contribution < 1.29 is 8.42 Å². The molecule has 0 radical (unpaired) electrons. The Hall–Kier alpha value is -0.330. The summed E-state index contributed by atoms with van der Waals surface area (Å²) in [7, 11) is -1.45. The van der Waals surface area contributed by atoms with Crippen LogP contribution in [-0.2, 0) is 15.8 Å². The Morgan fingerprint density at radius 3 is 2.75 bits per heavy atom. The number of hydrogen-bond acceptors (Lipinski definition) is 3. The molecule has 114 valence electrons. The van der Waals surface area contributed by atoms with E-state index in [1.165, 1.54) is 0 Å². The van der Waals surface area contributed by atoms with Crippen molar-refractivity contribution in [1.29, 1.82) is 0 Å². The first kappa shape index (κ1) is 17.7. The number of nitrogens with zero attached hydrogens (tertiary/aromatic N) is 1. The van der Waals surface area contributed by atoms with Crippen LogP contribution in [0.4, 0.5) is 0 Å². The SMILES string of the molecule is CNCC1CCCN1S(=O)(=O)Cc1ccccc1Cl.Cl. The average Bonchev–Trinajstić information content (AvgIpc) is 2.81. The van der Waals surface area contributed by atoms with Crippen LogP contribution in [0.3, 0.4) is 0 Å². The molecule has 2 rings (SSSR count). The highest BCUT2D eigenvalue weighted by atomic mass is 35.5. The molecule has 1 atom stereocenters. The Morgan fingerprint density at radius 2 is 2.10 bits per heavy atom. The lowest BCUT2D eigenvalue weighted by Crippen LogP contribution is -2.41. The second-order valence-corrected chi connectivity index (χ2v) is 7.14. The summed E-state index contributed by atoms with van der Waals surface area (Å²) in [5.74, 6) is -0.0209. The summed E-state index contributed by atoms with van der Waals surface area (Å²) in [4.78, 5) is 0. The normalized spacial score (nSPS) is 19.8. The Kier molecular flexibility index (Phi) is 6.75. The topological polar surface area (TPSA) is 49.4 Å². The standard InChI is InChI=1S/C13H19ClN2O2S.ClH/c1-15-9-12-6-4-8-16(12)19(17,18)10-11-5-2-3-7-13(11)14;/h2-3,5,7,12,15H,4,6,8-10H2,1H3;1H. The molecule has 0 aliphatic carbocycles. The third-order valence-electron chi connectivity index (χ3n) is 3.42. The van der Waals surface area contributed by atoms with Crippen LogP contribution in [0.5, 0.6) is 0 Å². The van der Waals surface area contributed by atoms with Crippen molar-refractivity contribution in [3.05, 3.63) is 34.9 Å². The monoisotopic (exact) mass is 338 g/mol. The van der Waals surface area contributed by atoms with Gasteiger partial charge in [-0.1, -0.05) is 29.8 Å². The fourth-order valence-electron chi connectivity index (χ4n) is 2.51.